The van der Waals surface area contributed by atoms with Crippen molar-refractivity contribution >= 4 is 21.6 Å². The number of hydrogen-bond donors (Lipinski definition) is 2. The zero-order chi connectivity index (χ0) is 17.9. The summed E-state index contributed by atoms with van der Waals surface area (Å²) in [6.07, 6.45) is 0. The molecule has 2 N–H and O–H groups in total. The molecule has 5 nitrogen and oxygen atoms in total. The monoisotopic (exact) mass is 354 g/mol. The fourth-order valence-electron chi connectivity index (χ4n) is 2.01. The van der Waals surface area contributed by atoms with Gasteiger partial charge in [0.2, 0.25) is 10.0 Å². The molecule has 0 saturated carbocycles. The summed E-state index contributed by atoms with van der Waals surface area (Å²) in [5.41, 5.74) is -0.0163. The molecule has 0 fully saturated rings. The first kappa shape index (κ1) is 18.0. The zero-order valence-electron chi connectivity index (χ0n) is 13.0. The molecule has 128 valence electrons. The highest BCUT2D eigenvalue weighted by molar-refractivity contribution is 7.89. The maximum Gasteiger partial charge on any atom is 0.255 e. The molecule has 0 heterocycles. The maximum atomic E-state index is 13.1. The predicted octanol–water partition coefficient (Wildman–Crippen LogP) is 2.90. The molecule has 0 aromatic heterocycles. The number of sulfonamides is 1. The van der Waals surface area contributed by atoms with Gasteiger partial charge in [-0.2, -0.15) is 0 Å². The average molecular weight is 354 g/mol. The van der Waals surface area contributed by atoms with Crippen molar-refractivity contribution in [2.75, 3.05) is 5.32 Å². The fourth-order valence-corrected chi connectivity index (χ4v) is 3.31. The van der Waals surface area contributed by atoms with Crippen molar-refractivity contribution in [1.82, 2.24) is 4.72 Å². The van der Waals surface area contributed by atoms with Crippen LogP contribution < -0.4 is 10.0 Å². The van der Waals surface area contributed by atoms with Gasteiger partial charge in [0.15, 0.2) is 0 Å². The van der Waals surface area contributed by atoms with E-state index in [1.165, 1.54) is 24.3 Å². The van der Waals surface area contributed by atoms with Crippen molar-refractivity contribution in [3.8, 4) is 0 Å². The van der Waals surface area contributed by atoms with Gasteiger partial charge in [-0.3, -0.25) is 4.79 Å². The first-order valence-corrected chi connectivity index (χ1v) is 8.55. The van der Waals surface area contributed by atoms with Gasteiger partial charge in [-0.25, -0.2) is 21.9 Å². The van der Waals surface area contributed by atoms with Crippen LogP contribution in [0, 0.1) is 11.6 Å². The Morgan fingerprint density at radius 3 is 2.25 bits per heavy atom. The summed E-state index contributed by atoms with van der Waals surface area (Å²) in [6.45, 7) is 3.35. The summed E-state index contributed by atoms with van der Waals surface area (Å²) in [4.78, 5) is 12.1. The lowest BCUT2D eigenvalue weighted by Gasteiger charge is -2.11. The molecule has 0 atom stereocenters. The van der Waals surface area contributed by atoms with Crippen molar-refractivity contribution in [2.24, 2.45) is 0 Å². The van der Waals surface area contributed by atoms with E-state index < -0.39 is 27.6 Å². The van der Waals surface area contributed by atoms with Crippen LogP contribution in [-0.4, -0.2) is 20.4 Å². The zero-order valence-corrected chi connectivity index (χ0v) is 13.8. The van der Waals surface area contributed by atoms with E-state index in [1.807, 2.05) is 0 Å². The Morgan fingerprint density at radius 2 is 1.67 bits per heavy atom. The van der Waals surface area contributed by atoms with Gasteiger partial charge < -0.3 is 5.32 Å². The highest BCUT2D eigenvalue weighted by Gasteiger charge is 2.17. The smallest absolute Gasteiger partial charge is 0.255 e. The first-order chi connectivity index (χ1) is 11.2. The standard InChI is InChI=1S/C16H16F2N2O3S/c1-10(2)20-24(22,23)15-5-3-4-11(6-15)16(21)19-14-8-12(17)7-13(18)9-14/h3-10,20H,1-2H3,(H,19,21). The first-order valence-electron chi connectivity index (χ1n) is 7.07. The third-order valence-corrected chi connectivity index (χ3v) is 4.57. The number of nitrogens with one attached hydrogen (secondary N) is 2. The minimum Gasteiger partial charge on any atom is -0.322 e. The van der Waals surface area contributed by atoms with Crippen molar-refractivity contribution in [1.29, 1.82) is 0 Å². The summed E-state index contributed by atoms with van der Waals surface area (Å²) in [5.74, 6) is -2.34. The van der Waals surface area contributed by atoms with Gasteiger partial charge in [-0.15, -0.1) is 0 Å². The van der Waals surface area contributed by atoms with E-state index in [4.69, 9.17) is 0 Å². The van der Waals surface area contributed by atoms with Gasteiger partial charge in [-0.05, 0) is 44.2 Å². The fraction of sp³-hybridized carbons (Fsp3) is 0.188. The SMILES string of the molecule is CC(C)NS(=O)(=O)c1cccc(C(=O)Nc2cc(F)cc(F)c2)c1. The van der Waals surface area contributed by atoms with Gasteiger partial charge in [0.05, 0.1) is 4.90 Å². The molecule has 0 aliphatic heterocycles. The van der Waals surface area contributed by atoms with E-state index in [1.54, 1.807) is 13.8 Å². The molecule has 0 aliphatic carbocycles. The van der Waals surface area contributed by atoms with E-state index >= 15 is 0 Å². The average Bonchev–Trinajstić information content (AvgIpc) is 2.45. The van der Waals surface area contributed by atoms with Crippen molar-refractivity contribution in [2.45, 2.75) is 24.8 Å². The lowest BCUT2D eigenvalue weighted by Crippen LogP contribution is -2.30. The molecule has 0 bridgehead atoms. The van der Waals surface area contributed by atoms with Crippen LogP contribution in [0.25, 0.3) is 0 Å². The number of hydrogen-bond acceptors (Lipinski definition) is 3. The van der Waals surface area contributed by atoms with Gasteiger partial charge in [0, 0.05) is 23.4 Å². The Labute approximate surface area is 138 Å². The number of carbonyl (C=O) groups is 1. The molecular weight excluding hydrogens is 338 g/mol. The maximum absolute atomic E-state index is 13.1. The lowest BCUT2D eigenvalue weighted by atomic mass is 10.2. The summed E-state index contributed by atoms with van der Waals surface area (Å²) in [7, 11) is -3.75. The van der Waals surface area contributed by atoms with Crippen LogP contribution in [0.3, 0.4) is 0 Å². The molecule has 0 spiro atoms. The number of amides is 1. The topological polar surface area (TPSA) is 75.3 Å². The Bertz CT molecular complexity index is 847. The van der Waals surface area contributed by atoms with E-state index in [-0.39, 0.29) is 22.2 Å². The summed E-state index contributed by atoms with van der Waals surface area (Å²) < 4.78 is 52.9. The second-order valence-corrected chi connectivity index (χ2v) is 7.13. The molecule has 0 unspecified atom stereocenters. The molecule has 0 radical (unpaired) electrons. The van der Waals surface area contributed by atoms with Crippen molar-refractivity contribution in [3.05, 3.63) is 59.7 Å². The Morgan fingerprint density at radius 1 is 1.04 bits per heavy atom. The van der Waals surface area contributed by atoms with Crippen LogP contribution >= 0.6 is 0 Å². The molecular formula is C16H16F2N2O3S. The highest BCUT2D eigenvalue weighted by atomic mass is 32.2. The van der Waals surface area contributed by atoms with Crippen LogP contribution in [0.15, 0.2) is 47.4 Å². The van der Waals surface area contributed by atoms with Gasteiger partial charge in [0.1, 0.15) is 11.6 Å². The summed E-state index contributed by atoms with van der Waals surface area (Å²) in [6, 6.07) is 7.65. The normalized spacial score (nSPS) is 11.5. The van der Waals surface area contributed by atoms with Gasteiger partial charge >= 0.3 is 0 Å². The lowest BCUT2D eigenvalue weighted by molar-refractivity contribution is 0.102. The second-order valence-electron chi connectivity index (χ2n) is 5.42. The van der Waals surface area contributed by atoms with Gasteiger partial charge in [0.25, 0.3) is 5.91 Å². The molecule has 24 heavy (non-hydrogen) atoms. The van der Waals surface area contributed by atoms with Crippen LogP contribution in [0.2, 0.25) is 0 Å². The Balaban J connectivity index is 2.26. The Kier molecular flexibility index (Phi) is 5.30. The van der Waals surface area contributed by atoms with Crippen molar-refractivity contribution in [3.63, 3.8) is 0 Å². The number of anilines is 1. The molecule has 1 amide bonds. The number of halogens is 2. The van der Waals surface area contributed by atoms with Crippen LogP contribution in [-0.2, 0) is 10.0 Å². The predicted molar refractivity (Wildman–Crippen MR) is 86.2 cm³/mol. The highest BCUT2D eigenvalue weighted by Crippen LogP contribution is 2.16. The van der Waals surface area contributed by atoms with E-state index in [0.717, 1.165) is 12.1 Å². The minimum atomic E-state index is -3.75. The third kappa shape index (κ3) is 4.59. The molecule has 2 rings (SSSR count). The van der Waals surface area contributed by atoms with Crippen LogP contribution in [0.1, 0.15) is 24.2 Å². The molecule has 2 aromatic carbocycles. The molecule has 0 aliphatic rings. The second kappa shape index (κ2) is 7.06. The number of rotatable bonds is 5. The molecule has 2 aromatic rings. The Hall–Kier alpha value is -2.32. The van der Waals surface area contributed by atoms with Crippen LogP contribution in [0.5, 0.6) is 0 Å². The quantitative estimate of drug-likeness (QED) is 0.867. The third-order valence-electron chi connectivity index (χ3n) is 2.92. The molecule has 0 saturated heterocycles. The summed E-state index contributed by atoms with van der Waals surface area (Å²) in [5, 5.41) is 2.33. The van der Waals surface area contributed by atoms with E-state index in [0.29, 0.717) is 6.07 Å². The van der Waals surface area contributed by atoms with Gasteiger partial charge in [-0.1, -0.05) is 6.07 Å². The summed E-state index contributed by atoms with van der Waals surface area (Å²) >= 11 is 0. The van der Waals surface area contributed by atoms with Crippen molar-refractivity contribution < 1.29 is 22.0 Å². The van der Waals surface area contributed by atoms with Crippen LogP contribution in [0.4, 0.5) is 14.5 Å². The van der Waals surface area contributed by atoms with E-state index in [9.17, 15) is 22.0 Å². The largest absolute Gasteiger partial charge is 0.322 e. The van der Waals surface area contributed by atoms with E-state index in [2.05, 4.69) is 10.0 Å². The number of carbonyl (C=O) groups excluding carboxylic acids is 1. The minimum absolute atomic E-state index is 0.0475. The number of benzene rings is 2. The molecule has 8 heteroatoms.